The lowest BCUT2D eigenvalue weighted by Crippen LogP contribution is -2.39. The zero-order valence-electron chi connectivity index (χ0n) is 9.35. The van der Waals surface area contributed by atoms with Crippen LogP contribution in [0.4, 0.5) is 4.79 Å². The van der Waals surface area contributed by atoms with Crippen molar-refractivity contribution >= 4 is 12.1 Å². The second-order valence-corrected chi connectivity index (χ2v) is 3.85. The number of hydrogen-bond donors (Lipinski definition) is 0. The minimum Gasteiger partial charge on any atom is -0.373 e. The Hall–Kier alpha value is -1.58. The van der Waals surface area contributed by atoms with Gasteiger partial charge in [-0.1, -0.05) is 12.7 Å². The fourth-order valence-corrected chi connectivity index (χ4v) is 1.78. The molecule has 0 atom stereocenters. The molecule has 0 aliphatic carbocycles. The second kappa shape index (κ2) is 6.10. The number of ether oxygens (including phenoxy) is 1. The van der Waals surface area contributed by atoms with Crippen molar-refractivity contribution in [2.24, 2.45) is 5.92 Å². The molecule has 0 aromatic heterocycles. The van der Waals surface area contributed by atoms with E-state index in [-0.39, 0.29) is 0 Å². The van der Waals surface area contributed by atoms with E-state index in [1.165, 1.54) is 0 Å². The van der Waals surface area contributed by atoms with Gasteiger partial charge in [-0.3, -0.25) is 0 Å². The number of esters is 1. The number of nitrogens with zero attached hydrogens (tertiary/aromatic N) is 1. The van der Waals surface area contributed by atoms with Crippen LogP contribution in [0.2, 0.25) is 0 Å². The summed E-state index contributed by atoms with van der Waals surface area (Å²) in [5.74, 6) is -0.102. The predicted octanol–water partition coefficient (Wildman–Crippen LogP) is 2.12. The van der Waals surface area contributed by atoms with Gasteiger partial charge in [0.1, 0.15) is 0 Å². The van der Waals surface area contributed by atoms with Gasteiger partial charge in [0.15, 0.2) is 0 Å². The van der Waals surface area contributed by atoms with Gasteiger partial charge in [0.25, 0.3) is 0 Å². The molecule has 0 saturated carbocycles. The minimum atomic E-state index is -0.696. The predicted molar refractivity (Wildman–Crippen MR) is 60.8 cm³/mol. The maximum atomic E-state index is 11.4. The van der Waals surface area contributed by atoms with Crippen molar-refractivity contribution in [3.8, 4) is 0 Å². The number of piperidine rings is 1. The lowest BCUT2D eigenvalue weighted by atomic mass is 9.94. The van der Waals surface area contributed by atoms with Crippen molar-refractivity contribution < 1.29 is 14.3 Å². The summed E-state index contributed by atoms with van der Waals surface area (Å²) >= 11 is 0. The number of carbonyl (C=O) groups is 2. The monoisotopic (exact) mass is 223 g/mol. The van der Waals surface area contributed by atoms with E-state index in [9.17, 15) is 9.59 Å². The van der Waals surface area contributed by atoms with E-state index in [1.54, 1.807) is 4.90 Å². The third kappa shape index (κ3) is 3.53. The summed E-state index contributed by atoms with van der Waals surface area (Å²) in [7, 11) is 0. The van der Waals surface area contributed by atoms with Crippen molar-refractivity contribution in [3.63, 3.8) is 0 Å². The Bertz CT molecular complexity index is 291. The molecule has 16 heavy (non-hydrogen) atoms. The van der Waals surface area contributed by atoms with Crippen LogP contribution in [0.3, 0.4) is 0 Å². The molecule has 0 radical (unpaired) electrons. The quantitative estimate of drug-likeness (QED) is 0.318. The molecule has 0 N–H and O–H groups in total. The Morgan fingerprint density at radius 1 is 1.31 bits per heavy atom. The zero-order chi connectivity index (χ0) is 12.0. The molecule has 0 bridgehead atoms. The van der Waals surface area contributed by atoms with Gasteiger partial charge in [0, 0.05) is 19.2 Å². The highest BCUT2D eigenvalue weighted by Gasteiger charge is 2.23. The highest BCUT2D eigenvalue weighted by molar-refractivity contribution is 5.91. The molecule has 1 saturated heterocycles. The van der Waals surface area contributed by atoms with Crippen LogP contribution in [0.1, 0.15) is 19.3 Å². The second-order valence-electron chi connectivity index (χ2n) is 3.85. The summed E-state index contributed by atoms with van der Waals surface area (Å²) in [5.41, 5.74) is 0. The molecule has 1 fully saturated rings. The number of likely N-dealkylation sites (tertiary alicyclic amines) is 1. The van der Waals surface area contributed by atoms with Gasteiger partial charge in [0.05, 0.1) is 0 Å². The van der Waals surface area contributed by atoms with Gasteiger partial charge >= 0.3 is 12.1 Å². The van der Waals surface area contributed by atoms with Crippen LogP contribution in [-0.4, -0.2) is 30.1 Å². The maximum absolute atomic E-state index is 11.4. The van der Waals surface area contributed by atoms with Gasteiger partial charge in [-0.05, 0) is 25.2 Å². The molecule has 0 unspecified atom stereocenters. The van der Waals surface area contributed by atoms with E-state index < -0.39 is 12.1 Å². The normalized spacial score (nSPS) is 16.6. The Balaban J connectivity index is 2.35. The summed E-state index contributed by atoms with van der Waals surface area (Å²) in [5, 5.41) is 0. The van der Waals surface area contributed by atoms with Crippen molar-refractivity contribution in [1.29, 1.82) is 0 Å². The molecule has 0 spiro atoms. The summed E-state index contributed by atoms with van der Waals surface area (Å²) in [6.07, 6.45) is 5.17. The SMILES string of the molecule is C=CCC1CCN(C(=O)OC(=O)C=C)CC1. The lowest BCUT2D eigenvalue weighted by Gasteiger charge is -2.30. The third-order valence-corrected chi connectivity index (χ3v) is 2.73. The smallest absolute Gasteiger partial charge is 0.373 e. The number of allylic oxidation sites excluding steroid dienone is 1. The summed E-state index contributed by atoms with van der Waals surface area (Å²) in [4.78, 5) is 23.8. The lowest BCUT2D eigenvalue weighted by molar-refractivity contribution is -0.132. The molecule has 88 valence electrons. The van der Waals surface area contributed by atoms with Gasteiger partial charge in [0.2, 0.25) is 0 Å². The standard InChI is InChI=1S/C12H17NO3/c1-3-5-10-6-8-13(9-7-10)12(15)16-11(14)4-2/h3-4,10H,1-2,5-9H2. The fraction of sp³-hybridized carbons (Fsp3) is 0.500. The number of carbonyl (C=O) groups excluding carboxylic acids is 2. The van der Waals surface area contributed by atoms with Crippen molar-refractivity contribution in [3.05, 3.63) is 25.3 Å². The molecule has 0 aromatic rings. The molecule has 1 rings (SSSR count). The molecule has 4 heteroatoms. The van der Waals surface area contributed by atoms with E-state index in [2.05, 4.69) is 17.9 Å². The fourth-order valence-electron chi connectivity index (χ4n) is 1.78. The molecule has 1 amide bonds. The summed E-state index contributed by atoms with van der Waals surface area (Å²) < 4.78 is 4.54. The highest BCUT2D eigenvalue weighted by Crippen LogP contribution is 2.20. The van der Waals surface area contributed by atoms with Crippen LogP contribution in [0.25, 0.3) is 0 Å². The number of rotatable bonds is 3. The maximum Gasteiger partial charge on any atom is 0.417 e. The Morgan fingerprint density at radius 3 is 2.44 bits per heavy atom. The van der Waals surface area contributed by atoms with Crippen LogP contribution >= 0.6 is 0 Å². The van der Waals surface area contributed by atoms with Crippen LogP contribution in [0.15, 0.2) is 25.3 Å². The van der Waals surface area contributed by atoms with E-state index in [4.69, 9.17) is 0 Å². The Kier molecular flexibility index (Phi) is 4.76. The first kappa shape index (κ1) is 12.5. The van der Waals surface area contributed by atoms with Gasteiger partial charge in [-0.15, -0.1) is 6.58 Å². The van der Waals surface area contributed by atoms with Gasteiger partial charge < -0.3 is 9.64 Å². The molecular formula is C12H17NO3. The number of hydrogen-bond acceptors (Lipinski definition) is 3. The van der Waals surface area contributed by atoms with E-state index >= 15 is 0 Å². The average Bonchev–Trinajstić information content (AvgIpc) is 2.30. The molecule has 1 heterocycles. The molecular weight excluding hydrogens is 206 g/mol. The average molecular weight is 223 g/mol. The first-order valence-corrected chi connectivity index (χ1v) is 5.41. The van der Waals surface area contributed by atoms with E-state index in [0.717, 1.165) is 25.3 Å². The Morgan fingerprint density at radius 2 is 1.94 bits per heavy atom. The number of amides is 1. The summed E-state index contributed by atoms with van der Waals surface area (Å²) in [6, 6.07) is 0. The molecule has 1 aliphatic heterocycles. The minimum absolute atomic E-state index is 0.568. The molecule has 4 nitrogen and oxygen atoms in total. The first-order chi connectivity index (χ1) is 7.67. The topological polar surface area (TPSA) is 46.6 Å². The molecule has 0 aromatic carbocycles. The van der Waals surface area contributed by atoms with Crippen LogP contribution < -0.4 is 0 Å². The van der Waals surface area contributed by atoms with Gasteiger partial charge in [-0.2, -0.15) is 0 Å². The van der Waals surface area contributed by atoms with E-state index in [1.807, 2.05) is 6.08 Å². The van der Waals surface area contributed by atoms with E-state index in [0.29, 0.717) is 19.0 Å². The largest absolute Gasteiger partial charge is 0.417 e. The third-order valence-electron chi connectivity index (χ3n) is 2.73. The first-order valence-electron chi connectivity index (χ1n) is 5.41. The Labute approximate surface area is 95.6 Å². The summed E-state index contributed by atoms with van der Waals surface area (Å²) in [6.45, 7) is 8.22. The van der Waals surface area contributed by atoms with Gasteiger partial charge in [-0.25, -0.2) is 9.59 Å². The van der Waals surface area contributed by atoms with Crippen LogP contribution in [-0.2, 0) is 9.53 Å². The zero-order valence-corrected chi connectivity index (χ0v) is 9.35. The van der Waals surface area contributed by atoms with Crippen molar-refractivity contribution in [1.82, 2.24) is 4.90 Å². The highest BCUT2D eigenvalue weighted by atomic mass is 16.6. The van der Waals surface area contributed by atoms with Crippen LogP contribution in [0, 0.1) is 5.92 Å². The van der Waals surface area contributed by atoms with Crippen LogP contribution in [0.5, 0.6) is 0 Å². The molecule has 1 aliphatic rings. The van der Waals surface area contributed by atoms with Crippen molar-refractivity contribution in [2.45, 2.75) is 19.3 Å². The van der Waals surface area contributed by atoms with Crippen molar-refractivity contribution in [2.75, 3.05) is 13.1 Å².